The van der Waals surface area contributed by atoms with Gasteiger partial charge in [-0.2, -0.15) is 5.10 Å². The van der Waals surface area contributed by atoms with E-state index in [2.05, 4.69) is 43.4 Å². The quantitative estimate of drug-likeness (QED) is 0.686. The predicted octanol–water partition coefficient (Wildman–Crippen LogP) is 2.98. The van der Waals surface area contributed by atoms with Crippen LogP contribution in [0, 0.1) is 0 Å². The van der Waals surface area contributed by atoms with Crippen molar-refractivity contribution >= 4 is 11.6 Å². The Labute approximate surface area is 138 Å². The van der Waals surface area contributed by atoms with Crippen LogP contribution in [0.4, 0.5) is 0 Å². The van der Waals surface area contributed by atoms with Gasteiger partial charge in [0.05, 0.1) is 25.3 Å². The third-order valence-corrected chi connectivity index (χ3v) is 3.90. The number of hydrogen-bond acceptors (Lipinski definition) is 4. The number of carbonyl (C=O) groups excluding carboxylic acids is 1. The number of hydrogen-bond donors (Lipinski definition) is 1. The first-order chi connectivity index (χ1) is 10.7. The topological polar surface area (TPSA) is 59.9 Å². The zero-order valence-electron chi connectivity index (χ0n) is 14.6. The van der Waals surface area contributed by atoms with Crippen molar-refractivity contribution in [2.75, 3.05) is 13.2 Å². The van der Waals surface area contributed by atoms with Crippen molar-refractivity contribution in [3.8, 4) is 0 Å². The second kappa shape index (κ2) is 6.81. The number of amides is 1. The third-order valence-electron chi connectivity index (χ3n) is 3.90. The van der Waals surface area contributed by atoms with Gasteiger partial charge in [-0.1, -0.05) is 45.0 Å². The van der Waals surface area contributed by atoms with Gasteiger partial charge in [0, 0.05) is 0 Å². The Bertz CT molecular complexity index is 579. The fraction of sp³-hybridized carbons (Fsp3) is 0.556. The van der Waals surface area contributed by atoms with E-state index in [1.165, 1.54) is 5.56 Å². The summed E-state index contributed by atoms with van der Waals surface area (Å²) in [6.07, 6.45) is 0.132. The van der Waals surface area contributed by atoms with Gasteiger partial charge >= 0.3 is 0 Å². The van der Waals surface area contributed by atoms with Crippen LogP contribution >= 0.6 is 0 Å². The highest BCUT2D eigenvalue weighted by atomic mass is 16.7. The summed E-state index contributed by atoms with van der Waals surface area (Å²) in [5.74, 6) is -1.05. The van der Waals surface area contributed by atoms with Gasteiger partial charge in [-0.15, -0.1) is 0 Å². The molecule has 0 unspecified atom stereocenters. The number of benzene rings is 1. The minimum absolute atomic E-state index is 0.120. The lowest BCUT2D eigenvalue weighted by molar-refractivity contribution is -0.159. The van der Waals surface area contributed by atoms with Crippen molar-refractivity contribution in [3.63, 3.8) is 0 Å². The SMILES string of the molecule is C/C(=N/NC(=O)CC1(C)OCCO1)c1ccc(C(C)(C)C)cc1. The van der Waals surface area contributed by atoms with Gasteiger partial charge in [-0.05, 0) is 30.4 Å². The molecule has 0 aromatic heterocycles. The molecule has 23 heavy (non-hydrogen) atoms. The van der Waals surface area contributed by atoms with Crippen LogP contribution in [-0.4, -0.2) is 30.6 Å². The highest BCUT2D eigenvalue weighted by Gasteiger charge is 2.33. The molecule has 1 aromatic carbocycles. The average Bonchev–Trinajstić information content (AvgIpc) is 2.90. The number of hydrazone groups is 1. The second-order valence-corrected chi connectivity index (χ2v) is 7.07. The maximum absolute atomic E-state index is 11.9. The van der Waals surface area contributed by atoms with Crippen LogP contribution < -0.4 is 5.43 Å². The first kappa shape index (κ1) is 17.6. The molecule has 0 saturated carbocycles. The molecule has 1 fully saturated rings. The zero-order chi connectivity index (χ0) is 17.1. The summed E-state index contributed by atoms with van der Waals surface area (Å²) in [6.45, 7) is 11.2. The average molecular weight is 318 g/mol. The smallest absolute Gasteiger partial charge is 0.245 e. The fourth-order valence-electron chi connectivity index (χ4n) is 2.41. The Morgan fingerprint density at radius 2 is 1.78 bits per heavy atom. The van der Waals surface area contributed by atoms with Crippen LogP contribution in [0.3, 0.4) is 0 Å². The lowest BCUT2D eigenvalue weighted by Crippen LogP contribution is -2.33. The van der Waals surface area contributed by atoms with Crippen molar-refractivity contribution in [3.05, 3.63) is 35.4 Å². The molecule has 1 aromatic rings. The number of nitrogens with one attached hydrogen (secondary N) is 1. The van der Waals surface area contributed by atoms with Crippen molar-refractivity contribution in [1.82, 2.24) is 5.43 Å². The largest absolute Gasteiger partial charge is 0.347 e. The number of carbonyl (C=O) groups is 1. The van der Waals surface area contributed by atoms with Crippen LogP contribution in [0.1, 0.15) is 52.2 Å². The molecule has 5 nitrogen and oxygen atoms in total. The van der Waals surface area contributed by atoms with Crippen LogP contribution in [0.2, 0.25) is 0 Å². The molecule has 0 atom stereocenters. The fourth-order valence-corrected chi connectivity index (χ4v) is 2.41. The summed E-state index contributed by atoms with van der Waals surface area (Å²) in [6, 6.07) is 8.24. The van der Waals surface area contributed by atoms with E-state index in [1.807, 2.05) is 19.1 Å². The minimum atomic E-state index is -0.831. The number of rotatable bonds is 4. The van der Waals surface area contributed by atoms with Crippen molar-refractivity contribution in [1.29, 1.82) is 0 Å². The molecule has 1 amide bonds. The first-order valence-corrected chi connectivity index (χ1v) is 7.92. The third kappa shape index (κ3) is 4.88. The molecule has 0 aliphatic carbocycles. The summed E-state index contributed by atoms with van der Waals surface area (Å²) >= 11 is 0. The van der Waals surface area contributed by atoms with Crippen LogP contribution in [0.5, 0.6) is 0 Å². The lowest BCUT2D eigenvalue weighted by atomic mass is 9.86. The first-order valence-electron chi connectivity index (χ1n) is 7.92. The molecule has 1 aliphatic heterocycles. The highest BCUT2D eigenvalue weighted by Crippen LogP contribution is 2.23. The van der Waals surface area contributed by atoms with Gasteiger partial charge in [0.15, 0.2) is 5.79 Å². The molecule has 1 heterocycles. The van der Waals surface area contributed by atoms with E-state index in [0.717, 1.165) is 11.3 Å². The van der Waals surface area contributed by atoms with Gasteiger partial charge in [0.2, 0.25) is 5.91 Å². The molecule has 1 aliphatic rings. The Kier molecular flexibility index (Phi) is 5.22. The van der Waals surface area contributed by atoms with Crippen LogP contribution in [0.15, 0.2) is 29.4 Å². The van der Waals surface area contributed by atoms with Crippen molar-refractivity contribution in [2.45, 2.75) is 52.2 Å². The molecule has 1 N–H and O–H groups in total. The number of ether oxygens (including phenoxy) is 2. The summed E-state index contributed by atoms with van der Waals surface area (Å²) in [7, 11) is 0. The Morgan fingerprint density at radius 3 is 2.30 bits per heavy atom. The zero-order valence-corrected chi connectivity index (χ0v) is 14.6. The Balaban J connectivity index is 1.95. The summed E-state index contributed by atoms with van der Waals surface area (Å²) in [5.41, 5.74) is 5.70. The molecule has 0 bridgehead atoms. The Hall–Kier alpha value is -1.72. The van der Waals surface area contributed by atoms with Gasteiger partial charge in [-0.25, -0.2) is 5.43 Å². The number of nitrogens with zero attached hydrogens (tertiary/aromatic N) is 1. The molecular formula is C18H26N2O3. The highest BCUT2D eigenvalue weighted by molar-refractivity contribution is 5.99. The Morgan fingerprint density at radius 1 is 1.22 bits per heavy atom. The van der Waals surface area contributed by atoms with E-state index >= 15 is 0 Å². The summed E-state index contributed by atoms with van der Waals surface area (Å²) in [5, 5.41) is 4.17. The van der Waals surface area contributed by atoms with E-state index < -0.39 is 5.79 Å². The van der Waals surface area contributed by atoms with E-state index in [9.17, 15) is 4.79 Å². The van der Waals surface area contributed by atoms with E-state index in [0.29, 0.717) is 13.2 Å². The summed E-state index contributed by atoms with van der Waals surface area (Å²) in [4.78, 5) is 11.9. The molecule has 5 heteroatoms. The lowest BCUT2D eigenvalue weighted by Gasteiger charge is -2.20. The molecule has 126 valence electrons. The molecule has 1 saturated heterocycles. The van der Waals surface area contributed by atoms with Gasteiger partial charge in [0.25, 0.3) is 0 Å². The van der Waals surface area contributed by atoms with Gasteiger partial charge in [0.1, 0.15) is 0 Å². The monoisotopic (exact) mass is 318 g/mol. The van der Waals surface area contributed by atoms with E-state index in [1.54, 1.807) is 6.92 Å². The molecule has 0 radical (unpaired) electrons. The predicted molar refractivity (Wildman–Crippen MR) is 90.4 cm³/mol. The molecule has 2 rings (SSSR count). The van der Waals surface area contributed by atoms with E-state index in [-0.39, 0.29) is 17.7 Å². The maximum Gasteiger partial charge on any atom is 0.245 e. The standard InChI is InChI=1S/C18H26N2O3/c1-13(14-6-8-15(9-7-14)17(2,3)4)19-20-16(21)12-18(5)22-10-11-23-18/h6-9H,10-12H2,1-5H3,(H,20,21)/b19-13-. The van der Waals surface area contributed by atoms with Crippen LogP contribution in [-0.2, 0) is 19.7 Å². The maximum atomic E-state index is 11.9. The second-order valence-electron chi connectivity index (χ2n) is 7.07. The minimum Gasteiger partial charge on any atom is -0.347 e. The molecule has 0 spiro atoms. The van der Waals surface area contributed by atoms with Crippen molar-refractivity contribution < 1.29 is 14.3 Å². The van der Waals surface area contributed by atoms with Gasteiger partial charge < -0.3 is 9.47 Å². The van der Waals surface area contributed by atoms with Gasteiger partial charge in [-0.3, -0.25) is 4.79 Å². The molecular weight excluding hydrogens is 292 g/mol. The van der Waals surface area contributed by atoms with E-state index in [4.69, 9.17) is 9.47 Å². The normalized spacial score (nSPS) is 18.0. The summed E-state index contributed by atoms with van der Waals surface area (Å²) < 4.78 is 10.8. The van der Waals surface area contributed by atoms with Crippen molar-refractivity contribution in [2.24, 2.45) is 5.10 Å². The van der Waals surface area contributed by atoms with Crippen LogP contribution in [0.25, 0.3) is 0 Å².